The van der Waals surface area contributed by atoms with Crippen LogP contribution in [0, 0.1) is 6.92 Å². The molecule has 3 nitrogen and oxygen atoms in total. The zero-order valence-electron chi connectivity index (χ0n) is 14.4. The van der Waals surface area contributed by atoms with Crippen molar-refractivity contribution in [2.24, 2.45) is 0 Å². The highest BCUT2D eigenvalue weighted by Crippen LogP contribution is 2.24. The Bertz CT molecular complexity index is 663. The third-order valence-corrected chi connectivity index (χ3v) is 4.75. The summed E-state index contributed by atoms with van der Waals surface area (Å²) in [6.07, 6.45) is 3.80. The number of likely N-dealkylation sites (tertiary alicyclic amines) is 1. The van der Waals surface area contributed by atoms with E-state index in [0.29, 0.717) is 6.54 Å². The maximum atomic E-state index is 12.5. The van der Waals surface area contributed by atoms with Crippen molar-refractivity contribution in [3.63, 3.8) is 0 Å². The van der Waals surface area contributed by atoms with Crippen molar-refractivity contribution in [3.8, 4) is 0 Å². The monoisotopic (exact) mass is 322 g/mol. The summed E-state index contributed by atoms with van der Waals surface area (Å²) in [6.45, 7) is 4.88. The molecule has 24 heavy (non-hydrogen) atoms. The van der Waals surface area contributed by atoms with Crippen molar-refractivity contribution >= 4 is 5.91 Å². The zero-order valence-corrected chi connectivity index (χ0v) is 14.4. The number of nitrogens with zero attached hydrogens (tertiary/aromatic N) is 1. The van der Waals surface area contributed by atoms with E-state index in [9.17, 15) is 4.79 Å². The molecule has 0 radical (unpaired) electrons. The molecule has 0 aliphatic carbocycles. The molecule has 1 amide bonds. The molecule has 2 aromatic carbocycles. The minimum atomic E-state index is 0.0108. The van der Waals surface area contributed by atoms with Gasteiger partial charge in [-0.2, -0.15) is 0 Å². The van der Waals surface area contributed by atoms with Gasteiger partial charge >= 0.3 is 0 Å². The Kier molecular flexibility index (Phi) is 5.65. The standard InChI is InChI=1S/C21H26N2O/c1-17-9-8-12-19(15-17)21(24)22-16-20(18-10-4-2-5-11-18)23-13-6-3-7-14-23/h2,4-5,8-12,15,20H,3,6-7,13-14,16H2,1H3,(H,22,24). The van der Waals surface area contributed by atoms with Crippen LogP contribution in [-0.4, -0.2) is 30.4 Å². The number of piperidine rings is 1. The molecule has 126 valence electrons. The van der Waals surface area contributed by atoms with E-state index in [1.165, 1.54) is 24.8 Å². The molecule has 0 aromatic heterocycles. The van der Waals surface area contributed by atoms with E-state index in [1.54, 1.807) is 0 Å². The molecule has 1 atom stereocenters. The Balaban J connectivity index is 1.71. The lowest BCUT2D eigenvalue weighted by atomic mass is 10.0. The second-order valence-electron chi connectivity index (χ2n) is 6.60. The van der Waals surface area contributed by atoms with Crippen molar-refractivity contribution in [3.05, 3.63) is 71.3 Å². The van der Waals surface area contributed by atoms with Gasteiger partial charge in [0.2, 0.25) is 0 Å². The van der Waals surface area contributed by atoms with Gasteiger partial charge < -0.3 is 5.32 Å². The summed E-state index contributed by atoms with van der Waals surface area (Å²) in [5.74, 6) is 0.0108. The van der Waals surface area contributed by atoms with E-state index in [4.69, 9.17) is 0 Å². The molecule has 3 rings (SSSR count). The summed E-state index contributed by atoms with van der Waals surface area (Å²) in [4.78, 5) is 15.0. The van der Waals surface area contributed by atoms with Gasteiger partial charge in [-0.25, -0.2) is 0 Å². The molecule has 3 heteroatoms. The molecule has 1 aliphatic heterocycles. The van der Waals surface area contributed by atoms with Crippen molar-refractivity contribution in [2.75, 3.05) is 19.6 Å². The molecular formula is C21H26N2O. The van der Waals surface area contributed by atoms with Gasteiger partial charge in [0, 0.05) is 12.1 Å². The van der Waals surface area contributed by atoms with E-state index in [1.807, 2.05) is 37.3 Å². The third kappa shape index (κ3) is 4.24. The Morgan fingerprint density at radius 3 is 2.50 bits per heavy atom. The van der Waals surface area contributed by atoms with Gasteiger partial charge in [0.05, 0.1) is 6.04 Å². The van der Waals surface area contributed by atoms with Crippen molar-refractivity contribution in [2.45, 2.75) is 32.2 Å². The molecule has 1 unspecified atom stereocenters. The minimum Gasteiger partial charge on any atom is -0.350 e. The quantitative estimate of drug-likeness (QED) is 0.904. The first-order valence-corrected chi connectivity index (χ1v) is 8.88. The lowest BCUT2D eigenvalue weighted by Crippen LogP contribution is -2.40. The van der Waals surface area contributed by atoms with Crippen LogP contribution in [0.1, 0.15) is 46.8 Å². The summed E-state index contributed by atoms with van der Waals surface area (Å²) < 4.78 is 0. The highest BCUT2D eigenvalue weighted by molar-refractivity contribution is 5.94. The summed E-state index contributed by atoms with van der Waals surface area (Å²) >= 11 is 0. The number of hydrogen-bond acceptors (Lipinski definition) is 2. The van der Waals surface area contributed by atoms with Crippen molar-refractivity contribution in [1.29, 1.82) is 0 Å². The maximum absolute atomic E-state index is 12.5. The Labute approximate surface area is 144 Å². The van der Waals surface area contributed by atoms with E-state index in [2.05, 4.69) is 34.5 Å². The Morgan fingerprint density at radius 2 is 1.79 bits per heavy atom. The fourth-order valence-corrected chi connectivity index (χ4v) is 3.44. The molecule has 1 aliphatic rings. The molecule has 0 bridgehead atoms. The average molecular weight is 322 g/mol. The van der Waals surface area contributed by atoms with Crippen LogP contribution in [-0.2, 0) is 0 Å². The first kappa shape index (κ1) is 16.7. The normalized spacial score (nSPS) is 16.5. The molecule has 1 N–H and O–H groups in total. The van der Waals surface area contributed by atoms with Crippen molar-refractivity contribution < 1.29 is 4.79 Å². The predicted molar refractivity (Wildman–Crippen MR) is 98.1 cm³/mol. The van der Waals surface area contributed by atoms with Crippen LogP contribution in [0.15, 0.2) is 54.6 Å². The van der Waals surface area contributed by atoms with Gasteiger partial charge in [-0.15, -0.1) is 0 Å². The van der Waals surface area contributed by atoms with Crippen LogP contribution in [0.4, 0.5) is 0 Å². The average Bonchev–Trinajstić information content (AvgIpc) is 2.63. The Hall–Kier alpha value is -2.13. The number of benzene rings is 2. The zero-order chi connectivity index (χ0) is 16.8. The van der Waals surface area contributed by atoms with Gasteiger partial charge in [-0.05, 0) is 50.6 Å². The summed E-state index contributed by atoms with van der Waals surface area (Å²) in [5, 5.41) is 3.14. The van der Waals surface area contributed by atoms with Gasteiger partial charge in [-0.3, -0.25) is 9.69 Å². The van der Waals surface area contributed by atoms with E-state index < -0.39 is 0 Å². The first-order chi connectivity index (χ1) is 11.7. The largest absolute Gasteiger partial charge is 0.350 e. The van der Waals surface area contributed by atoms with Crippen LogP contribution in [0.2, 0.25) is 0 Å². The highest BCUT2D eigenvalue weighted by atomic mass is 16.1. The SMILES string of the molecule is Cc1cccc(C(=O)NCC(c2ccccc2)N2CCCCC2)c1. The van der Waals surface area contributed by atoms with Crippen LogP contribution in [0.5, 0.6) is 0 Å². The fraction of sp³-hybridized carbons (Fsp3) is 0.381. The topological polar surface area (TPSA) is 32.3 Å². The molecule has 2 aromatic rings. The van der Waals surface area contributed by atoms with Gasteiger partial charge in [-0.1, -0.05) is 54.4 Å². The molecule has 0 saturated carbocycles. The van der Waals surface area contributed by atoms with Gasteiger partial charge in [0.25, 0.3) is 5.91 Å². The lowest BCUT2D eigenvalue weighted by molar-refractivity contribution is 0.0924. The van der Waals surface area contributed by atoms with Crippen molar-refractivity contribution in [1.82, 2.24) is 10.2 Å². The van der Waals surface area contributed by atoms with E-state index >= 15 is 0 Å². The first-order valence-electron chi connectivity index (χ1n) is 8.88. The minimum absolute atomic E-state index is 0.0108. The molecule has 0 spiro atoms. The number of rotatable bonds is 5. The van der Waals surface area contributed by atoms with Crippen LogP contribution < -0.4 is 5.32 Å². The predicted octanol–water partition coefficient (Wildman–Crippen LogP) is 3.95. The molecule has 1 fully saturated rings. The van der Waals surface area contributed by atoms with E-state index in [-0.39, 0.29) is 11.9 Å². The van der Waals surface area contributed by atoms with Gasteiger partial charge in [0.15, 0.2) is 0 Å². The molecule has 1 saturated heterocycles. The Morgan fingerprint density at radius 1 is 1.04 bits per heavy atom. The number of aryl methyl sites for hydroxylation is 1. The summed E-state index contributed by atoms with van der Waals surface area (Å²) in [5.41, 5.74) is 3.13. The van der Waals surface area contributed by atoms with E-state index in [0.717, 1.165) is 24.2 Å². The number of hydrogen-bond donors (Lipinski definition) is 1. The number of amides is 1. The summed E-state index contributed by atoms with van der Waals surface area (Å²) in [7, 11) is 0. The summed E-state index contributed by atoms with van der Waals surface area (Å²) in [6, 6.07) is 18.5. The number of nitrogens with one attached hydrogen (secondary N) is 1. The highest BCUT2D eigenvalue weighted by Gasteiger charge is 2.22. The smallest absolute Gasteiger partial charge is 0.251 e. The fourth-order valence-electron chi connectivity index (χ4n) is 3.44. The van der Waals surface area contributed by atoms with Crippen LogP contribution in [0.3, 0.4) is 0 Å². The molecule has 1 heterocycles. The lowest BCUT2D eigenvalue weighted by Gasteiger charge is -2.35. The third-order valence-electron chi connectivity index (χ3n) is 4.75. The number of carbonyl (C=O) groups is 1. The van der Waals surface area contributed by atoms with Crippen LogP contribution in [0.25, 0.3) is 0 Å². The van der Waals surface area contributed by atoms with Gasteiger partial charge in [0.1, 0.15) is 0 Å². The van der Waals surface area contributed by atoms with Crippen LogP contribution >= 0.6 is 0 Å². The maximum Gasteiger partial charge on any atom is 0.251 e. The second-order valence-corrected chi connectivity index (χ2v) is 6.60. The number of carbonyl (C=O) groups excluding carboxylic acids is 1. The second kappa shape index (κ2) is 8.11. The molecular weight excluding hydrogens is 296 g/mol.